The second-order valence-electron chi connectivity index (χ2n) is 2.46. The maximum Gasteiger partial charge on any atom is 0.229 e. The summed E-state index contributed by atoms with van der Waals surface area (Å²) < 4.78 is 19.2. The highest BCUT2D eigenvalue weighted by Gasteiger charge is 2.02. The van der Waals surface area contributed by atoms with Crippen molar-refractivity contribution in [2.45, 2.75) is 19.3 Å². The van der Waals surface area contributed by atoms with Crippen molar-refractivity contribution in [2.24, 2.45) is 0 Å². The number of hydrogen-bond donors (Lipinski definition) is 0. The Kier molecular flexibility index (Phi) is 6.81. The number of alkyl halides is 2. The molecule has 0 saturated carbocycles. The third kappa shape index (κ3) is 5.95. The van der Waals surface area contributed by atoms with Crippen LogP contribution in [0.3, 0.4) is 0 Å². The van der Waals surface area contributed by atoms with E-state index < -0.39 is 6.93 Å². The second kappa shape index (κ2) is 6.93. The SMILES string of the molecule is CN1CCCCC1.FCF. The molecular formula is C7H15F2N. The van der Waals surface area contributed by atoms with Gasteiger partial charge in [0.2, 0.25) is 6.93 Å². The molecule has 1 nitrogen and oxygen atoms in total. The molecule has 0 spiro atoms. The van der Waals surface area contributed by atoms with Crippen LogP contribution >= 0.6 is 0 Å². The van der Waals surface area contributed by atoms with Gasteiger partial charge in [-0.25, -0.2) is 8.78 Å². The molecule has 0 bridgehead atoms. The standard InChI is InChI=1S/C6H13N.CH2F2/c1-7-5-3-2-4-6-7;2-1-3/h2-6H2,1H3;1H2. The highest BCUT2D eigenvalue weighted by molar-refractivity contribution is 4.58. The monoisotopic (exact) mass is 151 g/mol. The van der Waals surface area contributed by atoms with Gasteiger partial charge in [-0.2, -0.15) is 0 Å². The van der Waals surface area contributed by atoms with Crippen molar-refractivity contribution in [2.75, 3.05) is 27.1 Å². The molecular weight excluding hydrogens is 136 g/mol. The van der Waals surface area contributed by atoms with Gasteiger partial charge in [0, 0.05) is 0 Å². The van der Waals surface area contributed by atoms with E-state index in [1.54, 1.807) is 0 Å². The van der Waals surface area contributed by atoms with Crippen LogP contribution in [0.15, 0.2) is 0 Å². The fraction of sp³-hybridized carbons (Fsp3) is 1.00. The van der Waals surface area contributed by atoms with Crippen LogP contribution < -0.4 is 0 Å². The molecule has 0 radical (unpaired) electrons. The van der Waals surface area contributed by atoms with Crippen molar-refractivity contribution in [1.29, 1.82) is 0 Å². The molecule has 1 rings (SSSR count). The van der Waals surface area contributed by atoms with Gasteiger partial charge >= 0.3 is 0 Å². The van der Waals surface area contributed by atoms with Crippen LogP contribution in [0.25, 0.3) is 0 Å². The quantitative estimate of drug-likeness (QED) is 0.511. The van der Waals surface area contributed by atoms with E-state index in [4.69, 9.17) is 0 Å². The average molecular weight is 151 g/mol. The Morgan fingerprint density at radius 2 is 1.50 bits per heavy atom. The van der Waals surface area contributed by atoms with E-state index in [0.717, 1.165) is 0 Å². The highest BCUT2D eigenvalue weighted by atomic mass is 19.3. The lowest BCUT2D eigenvalue weighted by Crippen LogP contribution is -2.24. The highest BCUT2D eigenvalue weighted by Crippen LogP contribution is 2.04. The average Bonchev–Trinajstić information content (AvgIpc) is 1.91. The largest absolute Gasteiger partial charge is 0.306 e. The summed E-state index contributed by atoms with van der Waals surface area (Å²) in [4.78, 5) is 2.39. The minimum absolute atomic E-state index is 1.32. The Hall–Kier alpha value is -0.180. The summed E-state index contributed by atoms with van der Waals surface area (Å²) in [7, 11) is 2.19. The first kappa shape index (κ1) is 9.82. The molecule has 1 fully saturated rings. The van der Waals surface area contributed by atoms with Gasteiger partial charge in [-0.3, -0.25) is 0 Å². The van der Waals surface area contributed by atoms with E-state index in [1.165, 1.54) is 32.4 Å². The van der Waals surface area contributed by atoms with Crippen LogP contribution in [0.1, 0.15) is 19.3 Å². The van der Waals surface area contributed by atoms with Crippen LogP contribution in [0.4, 0.5) is 8.78 Å². The molecule has 1 aliphatic rings. The lowest BCUT2D eigenvalue weighted by atomic mass is 10.1. The summed E-state index contributed by atoms with van der Waals surface area (Å²) in [6, 6.07) is 0. The van der Waals surface area contributed by atoms with Crippen LogP contribution in [0, 0.1) is 0 Å². The van der Waals surface area contributed by atoms with Crippen LogP contribution in [0.2, 0.25) is 0 Å². The molecule has 0 unspecified atom stereocenters. The van der Waals surface area contributed by atoms with Gasteiger partial charge in [-0.05, 0) is 33.0 Å². The number of hydrogen-bond acceptors (Lipinski definition) is 1. The second-order valence-corrected chi connectivity index (χ2v) is 2.46. The maximum absolute atomic E-state index is 9.62. The minimum atomic E-state index is -1.75. The number of likely N-dealkylation sites (tertiary alicyclic amines) is 1. The van der Waals surface area contributed by atoms with Gasteiger partial charge in [0.05, 0.1) is 0 Å². The van der Waals surface area contributed by atoms with E-state index in [1.807, 2.05) is 0 Å². The summed E-state index contributed by atoms with van der Waals surface area (Å²) in [5, 5.41) is 0. The van der Waals surface area contributed by atoms with Crippen molar-refractivity contribution in [1.82, 2.24) is 4.90 Å². The third-order valence-corrected chi connectivity index (χ3v) is 1.58. The van der Waals surface area contributed by atoms with Gasteiger partial charge in [-0.1, -0.05) is 6.42 Å². The first-order valence-corrected chi connectivity index (χ1v) is 3.61. The van der Waals surface area contributed by atoms with Crippen molar-refractivity contribution in [3.05, 3.63) is 0 Å². The molecule has 0 aromatic carbocycles. The first-order chi connectivity index (χ1) is 4.81. The normalized spacial score (nSPS) is 19.5. The third-order valence-electron chi connectivity index (χ3n) is 1.58. The molecule has 3 heteroatoms. The van der Waals surface area contributed by atoms with Crippen molar-refractivity contribution in [3.8, 4) is 0 Å². The van der Waals surface area contributed by atoms with Gasteiger partial charge in [-0.15, -0.1) is 0 Å². The molecule has 0 aromatic rings. The zero-order valence-electron chi connectivity index (χ0n) is 6.45. The topological polar surface area (TPSA) is 3.24 Å². The van der Waals surface area contributed by atoms with Gasteiger partial charge < -0.3 is 4.90 Å². The van der Waals surface area contributed by atoms with E-state index >= 15 is 0 Å². The molecule has 1 aliphatic heterocycles. The lowest BCUT2D eigenvalue weighted by Gasteiger charge is -2.20. The molecule has 0 amide bonds. The summed E-state index contributed by atoms with van der Waals surface area (Å²) in [5.74, 6) is 0. The van der Waals surface area contributed by atoms with Crippen LogP contribution in [-0.2, 0) is 0 Å². The molecule has 0 N–H and O–H groups in total. The number of nitrogens with zero attached hydrogens (tertiary/aromatic N) is 1. The summed E-state index contributed by atoms with van der Waals surface area (Å²) in [6.07, 6.45) is 4.28. The van der Waals surface area contributed by atoms with Crippen LogP contribution in [-0.4, -0.2) is 32.0 Å². The molecule has 62 valence electrons. The zero-order valence-corrected chi connectivity index (χ0v) is 6.45. The summed E-state index contributed by atoms with van der Waals surface area (Å²) in [6.45, 7) is 0.889. The fourth-order valence-electron chi connectivity index (χ4n) is 1.05. The molecule has 0 aromatic heterocycles. The van der Waals surface area contributed by atoms with E-state index in [-0.39, 0.29) is 0 Å². The number of piperidine rings is 1. The zero-order chi connectivity index (χ0) is 7.82. The molecule has 0 aliphatic carbocycles. The Morgan fingerprint density at radius 3 is 1.70 bits per heavy atom. The van der Waals surface area contributed by atoms with Gasteiger partial charge in [0.15, 0.2) is 0 Å². The summed E-state index contributed by atoms with van der Waals surface area (Å²) >= 11 is 0. The van der Waals surface area contributed by atoms with E-state index in [9.17, 15) is 8.78 Å². The van der Waals surface area contributed by atoms with E-state index in [0.29, 0.717) is 0 Å². The molecule has 1 heterocycles. The Morgan fingerprint density at radius 1 is 1.10 bits per heavy atom. The molecule has 10 heavy (non-hydrogen) atoms. The maximum atomic E-state index is 9.62. The van der Waals surface area contributed by atoms with Gasteiger partial charge in [0.1, 0.15) is 0 Å². The number of rotatable bonds is 0. The van der Waals surface area contributed by atoms with Gasteiger partial charge in [0.25, 0.3) is 0 Å². The Balaban J connectivity index is 0.000000236. The smallest absolute Gasteiger partial charge is 0.229 e. The predicted octanol–water partition coefficient (Wildman–Crippen LogP) is 1.98. The molecule has 1 saturated heterocycles. The van der Waals surface area contributed by atoms with Crippen molar-refractivity contribution >= 4 is 0 Å². The predicted molar refractivity (Wildman–Crippen MR) is 38.4 cm³/mol. The Labute approximate surface area is 61.0 Å². The van der Waals surface area contributed by atoms with Crippen molar-refractivity contribution < 1.29 is 8.78 Å². The van der Waals surface area contributed by atoms with Crippen molar-refractivity contribution in [3.63, 3.8) is 0 Å². The Bertz CT molecular complexity index is 62.6. The fourth-order valence-corrected chi connectivity index (χ4v) is 1.05. The first-order valence-electron chi connectivity index (χ1n) is 3.61. The lowest BCUT2D eigenvalue weighted by molar-refractivity contribution is 0.277. The van der Waals surface area contributed by atoms with E-state index in [2.05, 4.69) is 11.9 Å². The minimum Gasteiger partial charge on any atom is -0.306 e. The van der Waals surface area contributed by atoms with Crippen LogP contribution in [0.5, 0.6) is 0 Å². The molecule has 0 atom stereocenters. The number of halogens is 2. The summed E-state index contributed by atoms with van der Waals surface area (Å²) in [5.41, 5.74) is 0.